The van der Waals surface area contributed by atoms with E-state index in [9.17, 15) is 14.4 Å². The molecular weight excluding hydrogens is 366 g/mol. The molecule has 0 spiro atoms. The van der Waals surface area contributed by atoms with Crippen molar-refractivity contribution in [3.63, 3.8) is 0 Å². The van der Waals surface area contributed by atoms with Gasteiger partial charge in [0.05, 0.1) is 0 Å². The quantitative estimate of drug-likeness (QED) is 0.739. The Morgan fingerprint density at radius 2 is 1.72 bits per heavy atom. The Kier molecular flexibility index (Phi) is 7.29. The van der Waals surface area contributed by atoms with Crippen molar-refractivity contribution in [3.05, 3.63) is 35.9 Å². The Balaban J connectivity index is 1.40. The average molecular weight is 400 g/mol. The molecule has 0 N–H and O–H groups in total. The number of hydrogen-bond donors (Lipinski definition) is 0. The third-order valence-electron chi connectivity index (χ3n) is 6.32. The Morgan fingerprint density at radius 1 is 1.03 bits per heavy atom. The highest BCUT2D eigenvalue weighted by Crippen LogP contribution is 2.26. The lowest BCUT2D eigenvalue weighted by molar-refractivity contribution is -0.143. The Bertz CT molecular complexity index is 713. The number of carbonyl (C=O) groups excluding carboxylic acids is 3. The zero-order chi connectivity index (χ0) is 20.8. The first-order chi connectivity index (χ1) is 14.0. The lowest BCUT2D eigenvalue weighted by Crippen LogP contribution is -2.49. The topological polar surface area (TPSA) is 60.9 Å². The van der Waals surface area contributed by atoms with Gasteiger partial charge in [0.1, 0.15) is 6.04 Å². The summed E-state index contributed by atoms with van der Waals surface area (Å²) in [4.78, 5) is 42.5. The summed E-state index contributed by atoms with van der Waals surface area (Å²) in [6.45, 7) is 4.35. The Morgan fingerprint density at radius 3 is 2.38 bits per heavy atom. The molecule has 6 heteroatoms. The van der Waals surface area contributed by atoms with Crippen LogP contribution in [0.5, 0.6) is 0 Å². The van der Waals surface area contributed by atoms with Crippen molar-refractivity contribution >= 4 is 17.7 Å². The van der Waals surface area contributed by atoms with E-state index in [4.69, 9.17) is 0 Å². The average Bonchev–Trinajstić information content (AvgIpc) is 3.23. The molecule has 0 aromatic heterocycles. The maximum absolute atomic E-state index is 12.8. The summed E-state index contributed by atoms with van der Waals surface area (Å²) in [5, 5.41) is 0. The maximum atomic E-state index is 12.8. The van der Waals surface area contributed by atoms with Gasteiger partial charge in [-0.25, -0.2) is 0 Å². The summed E-state index contributed by atoms with van der Waals surface area (Å²) in [5.41, 5.74) is 1.14. The number of rotatable bonds is 6. The molecule has 1 aromatic rings. The molecule has 0 aliphatic carbocycles. The van der Waals surface area contributed by atoms with Crippen LogP contribution in [0.3, 0.4) is 0 Å². The summed E-state index contributed by atoms with van der Waals surface area (Å²) in [6, 6.07) is 9.76. The third kappa shape index (κ3) is 5.58. The van der Waals surface area contributed by atoms with Crippen molar-refractivity contribution in [2.75, 3.05) is 26.7 Å². The molecule has 2 saturated heterocycles. The minimum absolute atomic E-state index is 0.00568. The number of piperidine rings is 1. The zero-order valence-electron chi connectivity index (χ0n) is 17.7. The van der Waals surface area contributed by atoms with E-state index in [2.05, 4.69) is 0 Å². The SMILES string of the molecule is CC(=O)N1CCC[C@H]1C(=O)N1CCC(CCC(=O)N(C)Cc2ccccc2)CC1. The first kappa shape index (κ1) is 21.3. The Labute approximate surface area is 173 Å². The van der Waals surface area contributed by atoms with Crippen LogP contribution in [-0.2, 0) is 20.9 Å². The lowest BCUT2D eigenvalue weighted by atomic mass is 9.91. The van der Waals surface area contributed by atoms with E-state index in [0.717, 1.165) is 50.8 Å². The first-order valence-electron chi connectivity index (χ1n) is 10.8. The van der Waals surface area contributed by atoms with Gasteiger partial charge in [-0.1, -0.05) is 30.3 Å². The van der Waals surface area contributed by atoms with E-state index < -0.39 is 0 Å². The van der Waals surface area contributed by atoms with Crippen LogP contribution in [0, 0.1) is 5.92 Å². The summed E-state index contributed by atoms with van der Waals surface area (Å²) < 4.78 is 0. The van der Waals surface area contributed by atoms with Crippen LogP contribution in [0.25, 0.3) is 0 Å². The van der Waals surface area contributed by atoms with Crippen molar-refractivity contribution in [2.24, 2.45) is 5.92 Å². The predicted molar refractivity (Wildman–Crippen MR) is 112 cm³/mol. The van der Waals surface area contributed by atoms with Gasteiger partial charge in [0.15, 0.2) is 0 Å². The van der Waals surface area contributed by atoms with Crippen LogP contribution in [0.2, 0.25) is 0 Å². The molecule has 3 amide bonds. The van der Waals surface area contributed by atoms with Gasteiger partial charge in [0.25, 0.3) is 0 Å². The smallest absolute Gasteiger partial charge is 0.245 e. The minimum Gasteiger partial charge on any atom is -0.341 e. The molecule has 2 aliphatic rings. The zero-order valence-corrected chi connectivity index (χ0v) is 17.7. The maximum Gasteiger partial charge on any atom is 0.245 e. The van der Waals surface area contributed by atoms with Crippen molar-refractivity contribution in [1.29, 1.82) is 0 Å². The Hall–Kier alpha value is -2.37. The van der Waals surface area contributed by atoms with E-state index in [1.54, 1.807) is 16.7 Å². The highest BCUT2D eigenvalue weighted by molar-refractivity contribution is 5.87. The van der Waals surface area contributed by atoms with Crippen molar-refractivity contribution < 1.29 is 14.4 Å². The normalized spacial score (nSPS) is 20.0. The van der Waals surface area contributed by atoms with E-state index in [-0.39, 0.29) is 23.8 Å². The first-order valence-corrected chi connectivity index (χ1v) is 10.8. The molecule has 0 saturated carbocycles. The van der Waals surface area contributed by atoms with E-state index in [1.165, 1.54) is 0 Å². The lowest BCUT2D eigenvalue weighted by Gasteiger charge is -2.35. The second kappa shape index (κ2) is 9.90. The molecule has 29 heavy (non-hydrogen) atoms. The monoisotopic (exact) mass is 399 g/mol. The number of nitrogens with zero attached hydrogens (tertiary/aromatic N) is 3. The van der Waals surface area contributed by atoms with Gasteiger partial charge in [-0.3, -0.25) is 14.4 Å². The molecule has 2 fully saturated rings. The van der Waals surface area contributed by atoms with Crippen molar-refractivity contribution in [2.45, 2.75) is 58.0 Å². The van der Waals surface area contributed by atoms with Crippen molar-refractivity contribution in [1.82, 2.24) is 14.7 Å². The van der Waals surface area contributed by atoms with Crippen molar-refractivity contribution in [3.8, 4) is 0 Å². The number of likely N-dealkylation sites (tertiary alicyclic amines) is 2. The summed E-state index contributed by atoms with van der Waals surface area (Å²) in [7, 11) is 1.86. The molecule has 6 nitrogen and oxygen atoms in total. The van der Waals surface area contributed by atoms with Gasteiger partial charge < -0.3 is 14.7 Å². The highest BCUT2D eigenvalue weighted by Gasteiger charge is 2.36. The van der Waals surface area contributed by atoms with Crippen LogP contribution >= 0.6 is 0 Å². The molecule has 0 bridgehead atoms. The van der Waals surface area contributed by atoms with Gasteiger partial charge in [-0.2, -0.15) is 0 Å². The molecule has 0 unspecified atom stereocenters. The van der Waals surface area contributed by atoms with Gasteiger partial charge in [-0.15, -0.1) is 0 Å². The molecule has 2 aliphatic heterocycles. The minimum atomic E-state index is -0.266. The predicted octanol–water partition coefficient (Wildman–Crippen LogP) is 2.67. The molecule has 3 rings (SSSR count). The summed E-state index contributed by atoms with van der Waals surface area (Å²) >= 11 is 0. The van der Waals surface area contributed by atoms with Gasteiger partial charge >= 0.3 is 0 Å². The second-order valence-corrected chi connectivity index (χ2v) is 8.41. The number of hydrogen-bond acceptors (Lipinski definition) is 3. The second-order valence-electron chi connectivity index (χ2n) is 8.41. The molecule has 1 atom stereocenters. The van der Waals surface area contributed by atoms with Crippen LogP contribution in [-0.4, -0.2) is 65.1 Å². The molecule has 2 heterocycles. The summed E-state index contributed by atoms with van der Waals surface area (Å²) in [6.07, 6.45) is 5.00. The van der Waals surface area contributed by atoms with Crippen LogP contribution in [0.15, 0.2) is 30.3 Å². The van der Waals surface area contributed by atoms with E-state index in [1.807, 2.05) is 42.3 Å². The standard InChI is InChI=1S/C23H33N3O3/c1-18(27)26-14-6-9-21(26)23(29)25-15-12-19(13-16-25)10-11-22(28)24(2)17-20-7-4-3-5-8-20/h3-5,7-8,19,21H,6,9-17H2,1-2H3/t21-/m0/s1. The number of benzene rings is 1. The third-order valence-corrected chi connectivity index (χ3v) is 6.32. The molecule has 158 valence electrons. The van der Waals surface area contributed by atoms with E-state index in [0.29, 0.717) is 25.4 Å². The van der Waals surface area contributed by atoms with Gasteiger partial charge in [0, 0.05) is 46.6 Å². The largest absolute Gasteiger partial charge is 0.341 e. The van der Waals surface area contributed by atoms with Gasteiger partial charge in [0.2, 0.25) is 17.7 Å². The van der Waals surface area contributed by atoms with Crippen LogP contribution in [0.4, 0.5) is 0 Å². The fourth-order valence-corrected chi connectivity index (χ4v) is 4.52. The van der Waals surface area contributed by atoms with Gasteiger partial charge in [-0.05, 0) is 43.6 Å². The molecule has 1 aromatic carbocycles. The molecule has 0 radical (unpaired) electrons. The van der Waals surface area contributed by atoms with Crippen LogP contribution in [0.1, 0.15) is 51.0 Å². The fraction of sp³-hybridized carbons (Fsp3) is 0.609. The number of carbonyl (C=O) groups is 3. The molecular formula is C23H33N3O3. The fourth-order valence-electron chi connectivity index (χ4n) is 4.52. The number of amides is 3. The summed E-state index contributed by atoms with van der Waals surface area (Å²) in [5.74, 6) is 0.764. The van der Waals surface area contributed by atoms with E-state index >= 15 is 0 Å². The highest BCUT2D eigenvalue weighted by atomic mass is 16.2. The van der Waals surface area contributed by atoms with Crippen LogP contribution < -0.4 is 0 Å².